The smallest absolute Gasteiger partial charge is 0.252 e. The standard InChI is InChI=1S/C14H13NO4/c1-9(11-3-2-6-17-11)15-14(16)10-4-5-12-13(7-10)19-8-18-12/h2-7,9H,8H2,1H3,(H,15,16)/t9-/m0/s1. The van der Waals surface area contributed by atoms with Crippen LogP contribution in [0.15, 0.2) is 41.0 Å². The number of carbonyl (C=O) groups excluding carboxylic acids is 1. The lowest BCUT2D eigenvalue weighted by Crippen LogP contribution is -2.26. The molecule has 19 heavy (non-hydrogen) atoms. The molecule has 98 valence electrons. The van der Waals surface area contributed by atoms with Crippen LogP contribution in [0, 0.1) is 0 Å². The Kier molecular flexibility index (Phi) is 2.87. The Morgan fingerprint density at radius 3 is 2.89 bits per heavy atom. The molecule has 5 heteroatoms. The van der Waals surface area contributed by atoms with E-state index in [-0.39, 0.29) is 18.7 Å². The third kappa shape index (κ3) is 2.27. The zero-order valence-electron chi connectivity index (χ0n) is 10.4. The summed E-state index contributed by atoms with van der Waals surface area (Å²) in [6.45, 7) is 2.06. The Hall–Kier alpha value is -2.43. The topological polar surface area (TPSA) is 60.7 Å². The van der Waals surface area contributed by atoms with Crippen LogP contribution in [-0.4, -0.2) is 12.7 Å². The van der Waals surface area contributed by atoms with Gasteiger partial charge in [-0.25, -0.2) is 0 Å². The number of hydrogen-bond donors (Lipinski definition) is 1. The highest BCUT2D eigenvalue weighted by atomic mass is 16.7. The number of amides is 1. The molecule has 3 rings (SSSR count). The molecule has 0 fully saturated rings. The summed E-state index contributed by atoms with van der Waals surface area (Å²) >= 11 is 0. The fourth-order valence-electron chi connectivity index (χ4n) is 1.93. The van der Waals surface area contributed by atoms with E-state index in [1.54, 1.807) is 30.5 Å². The number of carbonyl (C=O) groups is 1. The molecule has 2 heterocycles. The zero-order chi connectivity index (χ0) is 13.2. The van der Waals surface area contributed by atoms with Gasteiger partial charge in [-0.05, 0) is 37.3 Å². The molecular weight excluding hydrogens is 246 g/mol. The minimum atomic E-state index is -0.187. The molecule has 1 N–H and O–H groups in total. The highest BCUT2D eigenvalue weighted by molar-refractivity contribution is 5.95. The van der Waals surface area contributed by atoms with Crippen LogP contribution in [0.3, 0.4) is 0 Å². The van der Waals surface area contributed by atoms with E-state index in [2.05, 4.69) is 5.32 Å². The molecule has 0 radical (unpaired) electrons. The fourth-order valence-corrected chi connectivity index (χ4v) is 1.93. The quantitative estimate of drug-likeness (QED) is 0.920. The van der Waals surface area contributed by atoms with Crippen molar-refractivity contribution in [3.05, 3.63) is 47.9 Å². The van der Waals surface area contributed by atoms with Crippen molar-refractivity contribution < 1.29 is 18.7 Å². The van der Waals surface area contributed by atoms with Gasteiger partial charge in [0.25, 0.3) is 5.91 Å². The first-order valence-electron chi connectivity index (χ1n) is 5.98. The Morgan fingerprint density at radius 2 is 2.11 bits per heavy atom. The van der Waals surface area contributed by atoms with Crippen LogP contribution in [0.4, 0.5) is 0 Å². The van der Waals surface area contributed by atoms with E-state index in [0.29, 0.717) is 22.8 Å². The van der Waals surface area contributed by atoms with Crippen LogP contribution >= 0.6 is 0 Å². The summed E-state index contributed by atoms with van der Waals surface area (Å²) in [4.78, 5) is 12.1. The third-order valence-electron chi connectivity index (χ3n) is 2.95. The third-order valence-corrected chi connectivity index (χ3v) is 2.95. The summed E-state index contributed by atoms with van der Waals surface area (Å²) in [7, 11) is 0. The van der Waals surface area contributed by atoms with Crippen LogP contribution < -0.4 is 14.8 Å². The first-order valence-corrected chi connectivity index (χ1v) is 5.98. The maximum absolute atomic E-state index is 12.1. The van der Waals surface area contributed by atoms with Crippen molar-refractivity contribution >= 4 is 5.91 Å². The van der Waals surface area contributed by atoms with Crippen LogP contribution in [0.2, 0.25) is 0 Å². The Balaban J connectivity index is 1.74. The highest BCUT2D eigenvalue weighted by Crippen LogP contribution is 2.32. The molecule has 0 saturated carbocycles. The molecule has 1 aromatic carbocycles. The lowest BCUT2D eigenvalue weighted by Gasteiger charge is -2.11. The second-order valence-corrected chi connectivity index (χ2v) is 4.28. The number of benzene rings is 1. The first-order chi connectivity index (χ1) is 9.24. The summed E-state index contributed by atoms with van der Waals surface area (Å²) in [5.74, 6) is 1.80. The molecule has 1 amide bonds. The van der Waals surface area contributed by atoms with Gasteiger partial charge in [-0.3, -0.25) is 4.79 Å². The van der Waals surface area contributed by atoms with Gasteiger partial charge in [0, 0.05) is 5.56 Å². The van der Waals surface area contributed by atoms with E-state index in [4.69, 9.17) is 13.9 Å². The SMILES string of the molecule is C[C@H](NC(=O)c1ccc2c(c1)OCO2)c1ccco1. The number of ether oxygens (including phenoxy) is 2. The number of hydrogen-bond acceptors (Lipinski definition) is 4. The van der Waals surface area contributed by atoms with E-state index in [1.165, 1.54) is 0 Å². The second-order valence-electron chi connectivity index (χ2n) is 4.28. The van der Waals surface area contributed by atoms with Gasteiger partial charge in [-0.2, -0.15) is 0 Å². The van der Waals surface area contributed by atoms with Gasteiger partial charge in [0.15, 0.2) is 11.5 Å². The molecule has 5 nitrogen and oxygen atoms in total. The predicted octanol–water partition coefficient (Wildman–Crippen LogP) is 2.50. The molecule has 0 aliphatic carbocycles. The average Bonchev–Trinajstić information content (AvgIpc) is 3.09. The van der Waals surface area contributed by atoms with Crippen molar-refractivity contribution in [1.82, 2.24) is 5.32 Å². The highest BCUT2D eigenvalue weighted by Gasteiger charge is 2.18. The molecule has 0 spiro atoms. The first kappa shape index (κ1) is 11.6. The maximum Gasteiger partial charge on any atom is 0.252 e. The fraction of sp³-hybridized carbons (Fsp3) is 0.214. The molecule has 2 aromatic rings. The van der Waals surface area contributed by atoms with Crippen molar-refractivity contribution in [1.29, 1.82) is 0 Å². The zero-order valence-corrected chi connectivity index (χ0v) is 10.4. The van der Waals surface area contributed by atoms with Crippen molar-refractivity contribution in [2.45, 2.75) is 13.0 Å². The minimum absolute atomic E-state index is 0.179. The summed E-state index contributed by atoms with van der Waals surface area (Å²) in [5, 5.41) is 2.86. The summed E-state index contributed by atoms with van der Waals surface area (Å²) < 4.78 is 15.7. The van der Waals surface area contributed by atoms with Gasteiger partial charge in [0.1, 0.15) is 5.76 Å². The van der Waals surface area contributed by atoms with Gasteiger partial charge in [-0.15, -0.1) is 0 Å². The molecule has 1 aliphatic rings. The Bertz CT molecular complexity index is 591. The normalized spacial score (nSPS) is 14.2. The monoisotopic (exact) mass is 259 g/mol. The molecule has 0 unspecified atom stereocenters. The van der Waals surface area contributed by atoms with E-state index >= 15 is 0 Å². The summed E-state index contributed by atoms with van der Waals surface area (Å²) in [5.41, 5.74) is 0.530. The molecular formula is C14H13NO4. The second kappa shape index (κ2) is 4.68. The summed E-state index contributed by atoms with van der Waals surface area (Å²) in [6, 6.07) is 8.54. The molecule has 1 aromatic heterocycles. The Morgan fingerprint density at radius 1 is 1.26 bits per heavy atom. The number of rotatable bonds is 3. The van der Waals surface area contributed by atoms with Crippen LogP contribution in [0.1, 0.15) is 29.1 Å². The minimum Gasteiger partial charge on any atom is -0.467 e. The molecule has 1 atom stereocenters. The van der Waals surface area contributed by atoms with E-state index < -0.39 is 0 Å². The molecule has 0 bridgehead atoms. The summed E-state index contributed by atoms with van der Waals surface area (Å²) in [6.07, 6.45) is 1.58. The van der Waals surface area contributed by atoms with Crippen LogP contribution in [0.5, 0.6) is 11.5 Å². The van der Waals surface area contributed by atoms with Crippen molar-refractivity contribution in [3.8, 4) is 11.5 Å². The van der Waals surface area contributed by atoms with Gasteiger partial charge in [0.05, 0.1) is 12.3 Å². The predicted molar refractivity (Wildman–Crippen MR) is 67.2 cm³/mol. The largest absolute Gasteiger partial charge is 0.467 e. The van der Waals surface area contributed by atoms with Crippen molar-refractivity contribution in [2.24, 2.45) is 0 Å². The average molecular weight is 259 g/mol. The number of fused-ring (bicyclic) bond motifs is 1. The molecule has 1 aliphatic heterocycles. The lowest BCUT2D eigenvalue weighted by molar-refractivity contribution is 0.0935. The van der Waals surface area contributed by atoms with Gasteiger partial charge in [-0.1, -0.05) is 0 Å². The Labute approximate surface area is 110 Å². The number of furan rings is 1. The van der Waals surface area contributed by atoms with Crippen LogP contribution in [-0.2, 0) is 0 Å². The maximum atomic E-state index is 12.1. The molecule has 0 saturated heterocycles. The van der Waals surface area contributed by atoms with Gasteiger partial charge >= 0.3 is 0 Å². The van der Waals surface area contributed by atoms with Gasteiger partial charge < -0.3 is 19.2 Å². The van der Waals surface area contributed by atoms with E-state index in [9.17, 15) is 4.79 Å². The van der Waals surface area contributed by atoms with Crippen molar-refractivity contribution in [3.63, 3.8) is 0 Å². The van der Waals surface area contributed by atoms with E-state index in [0.717, 1.165) is 0 Å². The van der Waals surface area contributed by atoms with E-state index in [1.807, 2.05) is 13.0 Å². The van der Waals surface area contributed by atoms with Crippen LogP contribution in [0.25, 0.3) is 0 Å². The lowest BCUT2D eigenvalue weighted by atomic mass is 10.1. The van der Waals surface area contributed by atoms with Crippen molar-refractivity contribution in [2.75, 3.05) is 6.79 Å². The van der Waals surface area contributed by atoms with Gasteiger partial charge in [0.2, 0.25) is 6.79 Å². The number of nitrogens with one attached hydrogen (secondary N) is 1.